The highest BCUT2D eigenvalue weighted by molar-refractivity contribution is 5.96. The van der Waals surface area contributed by atoms with Crippen LogP contribution in [0.3, 0.4) is 0 Å². The number of Topliss-reactive ketones (excluding diaryl/α,β-unsaturated/α-hetero) is 1. The molecule has 6 heteroatoms. The second-order valence-electron chi connectivity index (χ2n) is 7.88. The molecule has 2 aromatic heterocycles. The van der Waals surface area contributed by atoms with Crippen molar-refractivity contribution in [1.82, 2.24) is 19.9 Å². The summed E-state index contributed by atoms with van der Waals surface area (Å²) < 4.78 is 7.17. The van der Waals surface area contributed by atoms with Gasteiger partial charge in [0.05, 0.1) is 11.8 Å². The first-order chi connectivity index (χ1) is 13.5. The van der Waals surface area contributed by atoms with Gasteiger partial charge in [-0.25, -0.2) is 0 Å². The Labute approximate surface area is 165 Å². The minimum atomic E-state index is 0.170. The SMILES string of the molecule is CCCn1cc(C(=O)C[C@@H]2CCc3cc(-c4noc(C(C)C)n4)ccc32)cn1. The maximum Gasteiger partial charge on any atom is 0.229 e. The van der Waals surface area contributed by atoms with Gasteiger partial charge in [-0.15, -0.1) is 0 Å². The first kappa shape index (κ1) is 18.6. The third-order valence-electron chi connectivity index (χ3n) is 5.38. The molecule has 28 heavy (non-hydrogen) atoms. The lowest BCUT2D eigenvalue weighted by Crippen LogP contribution is -2.05. The Balaban J connectivity index is 1.49. The molecule has 1 atom stereocenters. The molecule has 0 N–H and O–H groups in total. The highest BCUT2D eigenvalue weighted by Crippen LogP contribution is 2.38. The van der Waals surface area contributed by atoms with Crippen LogP contribution in [0.1, 0.15) is 79.2 Å². The van der Waals surface area contributed by atoms with E-state index in [-0.39, 0.29) is 17.6 Å². The lowest BCUT2D eigenvalue weighted by molar-refractivity contribution is 0.0973. The van der Waals surface area contributed by atoms with Crippen molar-refractivity contribution in [3.8, 4) is 11.4 Å². The molecule has 3 aromatic rings. The van der Waals surface area contributed by atoms with E-state index in [0.717, 1.165) is 31.4 Å². The highest BCUT2D eigenvalue weighted by atomic mass is 16.5. The van der Waals surface area contributed by atoms with Crippen LogP contribution in [0.4, 0.5) is 0 Å². The van der Waals surface area contributed by atoms with E-state index >= 15 is 0 Å². The van der Waals surface area contributed by atoms with Crippen molar-refractivity contribution in [1.29, 1.82) is 0 Å². The van der Waals surface area contributed by atoms with Gasteiger partial charge in [-0.1, -0.05) is 38.1 Å². The van der Waals surface area contributed by atoms with E-state index in [2.05, 4.69) is 34.3 Å². The summed E-state index contributed by atoms with van der Waals surface area (Å²) in [6.45, 7) is 7.02. The predicted molar refractivity (Wildman–Crippen MR) is 106 cm³/mol. The smallest absolute Gasteiger partial charge is 0.229 e. The third-order valence-corrected chi connectivity index (χ3v) is 5.38. The number of carbonyl (C=O) groups is 1. The fourth-order valence-electron chi connectivity index (χ4n) is 3.84. The molecular weight excluding hydrogens is 352 g/mol. The van der Waals surface area contributed by atoms with Crippen LogP contribution in [-0.4, -0.2) is 25.7 Å². The van der Waals surface area contributed by atoms with Gasteiger partial charge in [0.2, 0.25) is 11.7 Å². The summed E-state index contributed by atoms with van der Waals surface area (Å²) >= 11 is 0. The van der Waals surface area contributed by atoms with Crippen molar-refractivity contribution < 1.29 is 9.32 Å². The largest absolute Gasteiger partial charge is 0.339 e. The molecule has 1 aliphatic carbocycles. The molecule has 0 amide bonds. The summed E-state index contributed by atoms with van der Waals surface area (Å²) in [6, 6.07) is 6.31. The van der Waals surface area contributed by atoms with Gasteiger partial charge in [-0.3, -0.25) is 9.48 Å². The van der Waals surface area contributed by atoms with Crippen LogP contribution in [0.25, 0.3) is 11.4 Å². The van der Waals surface area contributed by atoms with E-state index < -0.39 is 0 Å². The lowest BCUT2D eigenvalue weighted by atomic mass is 9.93. The number of fused-ring (bicyclic) bond motifs is 1. The number of rotatable bonds is 7. The molecular formula is C22H26N4O2. The van der Waals surface area contributed by atoms with Gasteiger partial charge in [0.15, 0.2) is 5.78 Å². The Morgan fingerprint density at radius 1 is 1.36 bits per heavy atom. The standard InChI is InChI=1S/C22H26N4O2/c1-4-9-26-13-18(12-23-26)20(27)11-16-6-5-15-10-17(7-8-19(15)16)21-24-22(14(2)3)28-25-21/h7-8,10,12-14,16H,4-6,9,11H2,1-3H3/t16-/m0/s1. The van der Waals surface area contributed by atoms with Crippen molar-refractivity contribution >= 4 is 5.78 Å². The van der Waals surface area contributed by atoms with E-state index in [1.807, 2.05) is 30.8 Å². The molecule has 0 saturated carbocycles. The van der Waals surface area contributed by atoms with Gasteiger partial charge in [0.1, 0.15) is 0 Å². The summed E-state index contributed by atoms with van der Waals surface area (Å²) in [5.74, 6) is 1.94. The minimum Gasteiger partial charge on any atom is -0.339 e. The lowest BCUT2D eigenvalue weighted by Gasteiger charge is -2.10. The fourth-order valence-corrected chi connectivity index (χ4v) is 3.84. The van der Waals surface area contributed by atoms with E-state index in [1.165, 1.54) is 11.1 Å². The number of carbonyl (C=O) groups excluding carboxylic acids is 1. The average Bonchev–Trinajstić information content (AvgIpc) is 3.41. The van der Waals surface area contributed by atoms with Crippen LogP contribution < -0.4 is 0 Å². The third kappa shape index (κ3) is 3.63. The van der Waals surface area contributed by atoms with E-state index in [1.54, 1.807) is 6.20 Å². The van der Waals surface area contributed by atoms with Gasteiger partial charge in [-0.05, 0) is 42.4 Å². The molecule has 6 nitrogen and oxygen atoms in total. The number of benzene rings is 1. The molecule has 0 saturated heterocycles. The number of nitrogens with zero attached hydrogens (tertiary/aromatic N) is 4. The molecule has 0 radical (unpaired) electrons. The molecule has 2 heterocycles. The van der Waals surface area contributed by atoms with Gasteiger partial charge < -0.3 is 4.52 Å². The van der Waals surface area contributed by atoms with Crippen molar-refractivity contribution in [2.45, 2.75) is 64.8 Å². The Morgan fingerprint density at radius 2 is 2.21 bits per heavy atom. The zero-order valence-corrected chi connectivity index (χ0v) is 16.7. The molecule has 146 valence electrons. The van der Waals surface area contributed by atoms with Gasteiger partial charge in [0.25, 0.3) is 0 Å². The van der Waals surface area contributed by atoms with Crippen LogP contribution in [0.15, 0.2) is 35.1 Å². The van der Waals surface area contributed by atoms with Crippen molar-refractivity contribution in [2.24, 2.45) is 0 Å². The Kier molecular flexibility index (Phi) is 5.11. The number of aryl methyl sites for hydroxylation is 2. The molecule has 0 bridgehead atoms. The Bertz CT molecular complexity index is 986. The van der Waals surface area contributed by atoms with Crippen LogP contribution in [0.2, 0.25) is 0 Å². The molecule has 0 spiro atoms. The topological polar surface area (TPSA) is 73.8 Å². The maximum atomic E-state index is 12.7. The number of hydrogen-bond donors (Lipinski definition) is 0. The molecule has 1 aliphatic rings. The second-order valence-corrected chi connectivity index (χ2v) is 7.88. The quantitative estimate of drug-likeness (QED) is 0.554. The number of hydrogen-bond acceptors (Lipinski definition) is 5. The number of aromatic nitrogens is 4. The van der Waals surface area contributed by atoms with Crippen LogP contribution in [0.5, 0.6) is 0 Å². The predicted octanol–water partition coefficient (Wildman–Crippen LogP) is 4.77. The van der Waals surface area contributed by atoms with Crippen LogP contribution in [-0.2, 0) is 13.0 Å². The van der Waals surface area contributed by atoms with Crippen molar-refractivity contribution in [3.63, 3.8) is 0 Å². The zero-order valence-electron chi connectivity index (χ0n) is 16.7. The molecule has 4 rings (SSSR count). The fraction of sp³-hybridized carbons (Fsp3) is 0.455. The van der Waals surface area contributed by atoms with Crippen LogP contribution in [0, 0.1) is 0 Å². The maximum absolute atomic E-state index is 12.7. The zero-order chi connectivity index (χ0) is 19.7. The molecule has 0 aliphatic heterocycles. The first-order valence-corrected chi connectivity index (χ1v) is 10.1. The number of ketones is 1. The molecule has 0 unspecified atom stereocenters. The summed E-state index contributed by atoms with van der Waals surface area (Å²) in [7, 11) is 0. The highest BCUT2D eigenvalue weighted by Gasteiger charge is 2.26. The van der Waals surface area contributed by atoms with Gasteiger partial charge in [-0.2, -0.15) is 10.1 Å². The normalized spacial score (nSPS) is 15.9. The van der Waals surface area contributed by atoms with Crippen molar-refractivity contribution in [2.75, 3.05) is 0 Å². The van der Waals surface area contributed by atoms with Crippen molar-refractivity contribution in [3.05, 3.63) is 53.2 Å². The van der Waals surface area contributed by atoms with Gasteiger partial charge >= 0.3 is 0 Å². The van der Waals surface area contributed by atoms with E-state index in [4.69, 9.17) is 4.52 Å². The first-order valence-electron chi connectivity index (χ1n) is 10.1. The average molecular weight is 378 g/mol. The monoisotopic (exact) mass is 378 g/mol. The molecule has 1 aromatic carbocycles. The summed E-state index contributed by atoms with van der Waals surface area (Å²) in [6.07, 6.45) is 7.08. The molecule has 0 fully saturated rings. The minimum absolute atomic E-state index is 0.170. The van der Waals surface area contributed by atoms with Gasteiger partial charge in [0, 0.05) is 30.6 Å². The summed E-state index contributed by atoms with van der Waals surface area (Å²) in [5.41, 5.74) is 4.24. The Morgan fingerprint density at radius 3 is 2.96 bits per heavy atom. The van der Waals surface area contributed by atoms with E-state index in [9.17, 15) is 4.79 Å². The van der Waals surface area contributed by atoms with Crippen LogP contribution >= 0.6 is 0 Å². The Hall–Kier alpha value is -2.76. The second kappa shape index (κ2) is 7.70. The summed E-state index contributed by atoms with van der Waals surface area (Å²) in [4.78, 5) is 17.2. The summed E-state index contributed by atoms with van der Waals surface area (Å²) in [5, 5.41) is 8.39. The van der Waals surface area contributed by atoms with E-state index in [0.29, 0.717) is 23.7 Å².